The number of aromatic nitrogens is 2. The van der Waals surface area contributed by atoms with Crippen LogP contribution in [0.2, 0.25) is 0 Å². The number of anilines is 1. The second-order valence-electron chi connectivity index (χ2n) is 5.66. The van der Waals surface area contributed by atoms with Crippen LogP contribution < -0.4 is 5.32 Å². The highest BCUT2D eigenvalue weighted by Gasteiger charge is 2.39. The molecule has 1 aromatic rings. The van der Waals surface area contributed by atoms with E-state index in [9.17, 15) is 10.1 Å². The molecule has 3 rings (SSSR count). The number of nitrogens with zero attached hydrogens (tertiary/aromatic N) is 4. The van der Waals surface area contributed by atoms with Crippen molar-refractivity contribution in [1.82, 2.24) is 14.7 Å². The van der Waals surface area contributed by atoms with Crippen LogP contribution >= 0.6 is 0 Å². The quantitative estimate of drug-likeness (QED) is 0.668. The van der Waals surface area contributed by atoms with Gasteiger partial charge in [0.2, 0.25) is 5.82 Å². The van der Waals surface area contributed by atoms with Crippen LogP contribution in [0.4, 0.5) is 11.5 Å². The molecule has 0 bridgehead atoms. The average Bonchev–Trinajstić information content (AvgIpc) is 3.06. The molecular formula is C13H21N5O2. The summed E-state index contributed by atoms with van der Waals surface area (Å²) >= 11 is 0. The summed E-state index contributed by atoms with van der Waals surface area (Å²) in [5.74, 6) is 0.561. The Hall–Kier alpha value is -1.63. The van der Waals surface area contributed by atoms with Crippen LogP contribution in [0.1, 0.15) is 31.9 Å². The third kappa shape index (κ3) is 2.06. The van der Waals surface area contributed by atoms with Gasteiger partial charge in [-0.2, -0.15) is 5.10 Å². The van der Waals surface area contributed by atoms with Gasteiger partial charge in [-0.15, -0.1) is 0 Å². The minimum absolute atomic E-state index is 0.145. The molecule has 2 fully saturated rings. The summed E-state index contributed by atoms with van der Waals surface area (Å²) in [6.07, 6.45) is 4.04. The van der Waals surface area contributed by atoms with Crippen LogP contribution in [0.5, 0.6) is 0 Å². The molecule has 1 N–H and O–H groups in total. The van der Waals surface area contributed by atoms with E-state index in [1.54, 1.807) is 11.7 Å². The van der Waals surface area contributed by atoms with Crippen molar-refractivity contribution in [3.63, 3.8) is 0 Å². The predicted octanol–water partition coefficient (Wildman–Crippen LogP) is 1.54. The Labute approximate surface area is 118 Å². The number of hydrogen-bond donors (Lipinski definition) is 1. The summed E-state index contributed by atoms with van der Waals surface area (Å²) < 4.78 is 1.62. The number of hydrogen-bond acceptors (Lipinski definition) is 5. The molecule has 7 nitrogen and oxygen atoms in total. The molecular weight excluding hydrogens is 258 g/mol. The highest BCUT2D eigenvalue weighted by atomic mass is 16.6. The third-order valence-electron chi connectivity index (χ3n) is 4.54. The number of nitrogens with one attached hydrogen (secondary N) is 1. The van der Waals surface area contributed by atoms with E-state index in [4.69, 9.17) is 0 Å². The molecule has 2 saturated heterocycles. The number of aryl methyl sites for hydroxylation is 2. The molecule has 0 radical (unpaired) electrons. The van der Waals surface area contributed by atoms with Crippen molar-refractivity contribution in [3.8, 4) is 0 Å². The first-order valence-electron chi connectivity index (χ1n) is 7.32. The Balaban J connectivity index is 1.87. The van der Waals surface area contributed by atoms with Gasteiger partial charge in [0.05, 0.1) is 4.92 Å². The van der Waals surface area contributed by atoms with Crippen molar-refractivity contribution in [2.75, 3.05) is 18.4 Å². The maximum atomic E-state index is 11.3. The van der Waals surface area contributed by atoms with Gasteiger partial charge in [0, 0.05) is 25.7 Å². The first-order chi connectivity index (χ1) is 9.61. The van der Waals surface area contributed by atoms with E-state index >= 15 is 0 Å². The summed E-state index contributed by atoms with van der Waals surface area (Å²) in [7, 11) is 1.77. The van der Waals surface area contributed by atoms with Crippen molar-refractivity contribution < 1.29 is 4.92 Å². The smallest absolute Gasteiger partial charge is 0.333 e. The lowest BCUT2D eigenvalue weighted by Gasteiger charge is -2.21. The summed E-state index contributed by atoms with van der Waals surface area (Å²) in [6, 6.07) is 0.825. The maximum Gasteiger partial charge on any atom is 0.333 e. The molecule has 110 valence electrons. The van der Waals surface area contributed by atoms with Crippen LogP contribution in [0.3, 0.4) is 0 Å². The van der Waals surface area contributed by atoms with Gasteiger partial charge in [0.25, 0.3) is 0 Å². The maximum absolute atomic E-state index is 11.3. The molecule has 0 saturated carbocycles. The highest BCUT2D eigenvalue weighted by Crippen LogP contribution is 2.34. The molecule has 0 spiro atoms. The van der Waals surface area contributed by atoms with Crippen LogP contribution in [0.25, 0.3) is 0 Å². The monoisotopic (exact) mass is 279 g/mol. The first-order valence-corrected chi connectivity index (χ1v) is 7.32. The fourth-order valence-electron chi connectivity index (χ4n) is 3.59. The van der Waals surface area contributed by atoms with Gasteiger partial charge in [-0.1, -0.05) is 6.92 Å². The lowest BCUT2D eigenvalue weighted by atomic mass is 10.1. The Morgan fingerprint density at radius 2 is 2.25 bits per heavy atom. The fraction of sp³-hybridized carbons (Fsp3) is 0.769. The first kappa shape index (κ1) is 13.4. The lowest BCUT2D eigenvalue weighted by Crippen LogP contribution is -2.34. The van der Waals surface area contributed by atoms with Gasteiger partial charge in [-0.3, -0.25) is 15.0 Å². The zero-order valence-corrected chi connectivity index (χ0v) is 12.0. The van der Waals surface area contributed by atoms with Crippen molar-refractivity contribution in [2.45, 2.75) is 44.7 Å². The van der Waals surface area contributed by atoms with E-state index in [1.807, 2.05) is 6.92 Å². The van der Waals surface area contributed by atoms with E-state index in [0.29, 0.717) is 30.0 Å². The zero-order valence-electron chi connectivity index (χ0n) is 12.0. The Morgan fingerprint density at radius 1 is 1.45 bits per heavy atom. The Kier molecular flexibility index (Phi) is 3.37. The van der Waals surface area contributed by atoms with Gasteiger partial charge < -0.3 is 5.32 Å². The highest BCUT2D eigenvalue weighted by molar-refractivity contribution is 5.60. The van der Waals surface area contributed by atoms with E-state index in [0.717, 1.165) is 19.5 Å². The van der Waals surface area contributed by atoms with E-state index in [-0.39, 0.29) is 10.6 Å². The zero-order chi connectivity index (χ0) is 14.3. The summed E-state index contributed by atoms with van der Waals surface area (Å²) in [5.41, 5.74) is 0.702. The molecule has 2 unspecified atom stereocenters. The summed E-state index contributed by atoms with van der Waals surface area (Å²) in [4.78, 5) is 13.5. The predicted molar refractivity (Wildman–Crippen MR) is 75.9 cm³/mol. The van der Waals surface area contributed by atoms with Gasteiger partial charge in [-0.25, -0.2) is 4.68 Å². The third-order valence-corrected chi connectivity index (χ3v) is 4.54. The molecule has 0 aromatic carbocycles. The lowest BCUT2D eigenvalue weighted by molar-refractivity contribution is -0.384. The molecule has 3 heterocycles. The average molecular weight is 279 g/mol. The van der Waals surface area contributed by atoms with Gasteiger partial charge in [0.1, 0.15) is 5.69 Å². The normalized spacial score (nSPS) is 25.9. The van der Waals surface area contributed by atoms with Gasteiger partial charge in [0.15, 0.2) is 0 Å². The second-order valence-corrected chi connectivity index (χ2v) is 5.66. The van der Waals surface area contributed by atoms with E-state index in [1.165, 1.54) is 12.8 Å². The van der Waals surface area contributed by atoms with Crippen LogP contribution in [-0.2, 0) is 13.5 Å². The Morgan fingerprint density at radius 3 is 2.95 bits per heavy atom. The Bertz CT molecular complexity index is 527. The summed E-state index contributed by atoms with van der Waals surface area (Å²) in [6.45, 7) is 4.15. The number of rotatable bonds is 4. The van der Waals surface area contributed by atoms with Crippen LogP contribution in [0, 0.1) is 10.1 Å². The molecule has 0 aliphatic carbocycles. The second kappa shape index (κ2) is 5.05. The number of fused-ring (bicyclic) bond motifs is 1. The van der Waals surface area contributed by atoms with Crippen molar-refractivity contribution in [3.05, 3.63) is 15.8 Å². The van der Waals surface area contributed by atoms with Gasteiger partial charge >= 0.3 is 5.69 Å². The topological polar surface area (TPSA) is 76.2 Å². The molecule has 2 atom stereocenters. The minimum Gasteiger partial charge on any atom is -0.360 e. The van der Waals surface area contributed by atoms with Crippen LogP contribution in [-0.4, -0.2) is 44.8 Å². The molecule has 2 aliphatic heterocycles. The fourth-order valence-corrected chi connectivity index (χ4v) is 3.59. The van der Waals surface area contributed by atoms with Gasteiger partial charge in [-0.05, 0) is 32.2 Å². The van der Waals surface area contributed by atoms with E-state index < -0.39 is 0 Å². The van der Waals surface area contributed by atoms with Crippen molar-refractivity contribution in [1.29, 1.82) is 0 Å². The van der Waals surface area contributed by atoms with Crippen LogP contribution in [0.15, 0.2) is 0 Å². The molecule has 2 aliphatic rings. The molecule has 1 aromatic heterocycles. The molecule has 0 amide bonds. The van der Waals surface area contributed by atoms with Crippen molar-refractivity contribution in [2.24, 2.45) is 7.05 Å². The van der Waals surface area contributed by atoms with E-state index in [2.05, 4.69) is 15.3 Å². The van der Waals surface area contributed by atoms with Crippen molar-refractivity contribution >= 4 is 11.5 Å². The summed E-state index contributed by atoms with van der Waals surface area (Å²) in [5, 5.41) is 19.0. The standard InChI is InChI=1S/C13H21N5O2/c1-3-9-12(18(19)20)13(16(2)15-9)14-10-6-8-17-7-4-5-11(10)17/h10-11,14H,3-8H2,1-2H3. The molecule has 20 heavy (non-hydrogen) atoms. The largest absolute Gasteiger partial charge is 0.360 e. The number of nitro groups is 1. The SMILES string of the molecule is CCc1nn(C)c(NC2CCN3CCCC23)c1[N+](=O)[O-]. The molecule has 7 heteroatoms. The minimum atomic E-state index is -0.310.